The van der Waals surface area contributed by atoms with Crippen molar-refractivity contribution in [1.82, 2.24) is 19.7 Å². The van der Waals surface area contributed by atoms with Crippen molar-refractivity contribution < 1.29 is 0 Å². The first-order valence-corrected chi connectivity index (χ1v) is 9.98. The molecular formula is C24H25N7. The van der Waals surface area contributed by atoms with E-state index in [0.717, 1.165) is 39.4 Å². The molecule has 4 N–H and O–H groups in total. The fourth-order valence-electron chi connectivity index (χ4n) is 3.35. The second-order valence-corrected chi connectivity index (χ2v) is 7.16. The normalized spacial score (nSPS) is 11.1. The summed E-state index contributed by atoms with van der Waals surface area (Å²) in [7, 11) is 1.73. The number of pyridine rings is 2. The van der Waals surface area contributed by atoms with Gasteiger partial charge in [0, 0.05) is 67.1 Å². The summed E-state index contributed by atoms with van der Waals surface area (Å²) in [4.78, 5) is 12.9. The minimum Gasteiger partial charge on any atom is -0.398 e. The first kappa shape index (κ1) is 20.2. The summed E-state index contributed by atoms with van der Waals surface area (Å²) >= 11 is 0. The third kappa shape index (κ3) is 4.72. The first-order chi connectivity index (χ1) is 15.1. The topological polar surface area (TPSA) is 92.6 Å². The molecule has 7 nitrogen and oxygen atoms in total. The number of nitrogens with zero attached hydrogens (tertiary/aromatic N) is 4. The summed E-state index contributed by atoms with van der Waals surface area (Å²) < 4.78 is 2.01. The van der Waals surface area contributed by atoms with Crippen LogP contribution in [0, 0.1) is 0 Å². The van der Waals surface area contributed by atoms with Crippen molar-refractivity contribution in [3.8, 4) is 0 Å². The van der Waals surface area contributed by atoms with Gasteiger partial charge in [0.25, 0.3) is 0 Å². The number of rotatable bonds is 8. The van der Waals surface area contributed by atoms with Gasteiger partial charge in [-0.05, 0) is 29.8 Å². The molecule has 0 bridgehead atoms. The summed E-state index contributed by atoms with van der Waals surface area (Å²) in [5.41, 5.74) is 13.3. The second-order valence-electron chi connectivity index (χ2n) is 7.16. The maximum absolute atomic E-state index is 6.09. The van der Waals surface area contributed by atoms with Crippen molar-refractivity contribution in [1.29, 1.82) is 0 Å². The monoisotopic (exact) mass is 411 g/mol. The molecule has 0 fully saturated rings. The van der Waals surface area contributed by atoms with Gasteiger partial charge in [0.2, 0.25) is 0 Å². The molecule has 0 aliphatic heterocycles. The van der Waals surface area contributed by atoms with Gasteiger partial charge in [-0.15, -0.1) is 0 Å². The number of fused-ring (bicyclic) bond motifs is 1. The highest BCUT2D eigenvalue weighted by Gasteiger charge is 2.09. The molecule has 0 amide bonds. The molecule has 1 aromatic carbocycles. The molecular weight excluding hydrogens is 386 g/mol. The molecule has 0 saturated heterocycles. The zero-order chi connectivity index (χ0) is 21.6. The van der Waals surface area contributed by atoms with E-state index in [4.69, 9.17) is 5.73 Å². The minimum atomic E-state index is 0.552. The van der Waals surface area contributed by atoms with Crippen molar-refractivity contribution in [2.75, 3.05) is 18.1 Å². The zero-order valence-electron chi connectivity index (χ0n) is 17.4. The van der Waals surface area contributed by atoms with Gasteiger partial charge in [0.15, 0.2) is 0 Å². The van der Waals surface area contributed by atoms with Gasteiger partial charge in [0.1, 0.15) is 5.65 Å². The van der Waals surface area contributed by atoms with Crippen LogP contribution in [0.3, 0.4) is 0 Å². The van der Waals surface area contributed by atoms with Gasteiger partial charge in [-0.3, -0.25) is 9.98 Å². The Hall–Kier alpha value is -4.13. The average Bonchev–Trinajstić information content (AvgIpc) is 3.20. The van der Waals surface area contributed by atoms with E-state index in [0.29, 0.717) is 18.8 Å². The quantitative estimate of drug-likeness (QED) is 0.303. The summed E-state index contributed by atoms with van der Waals surface area (Å²) in [6.45, 7) is 5.43. The fraction of sp³-hybridized carbons (Fsp3) is 0.125. The van der Waals surface area contributed by atoms with Gasteiger partial charge in [-0.1, -0.05) is 24.8 Å². The summed E-state index contributed by atoms with van der Waals surface area (Å²) in [5.74, 6) is 0. The minimum absolute atomic E-state index is 0.552. The Morgan fingerprint density at radius 3 is 2.87 bits per heavy atom. The Bertz CT molecular complexity index is 1230. The molecule has 4 rings (SSSR count). The number of hydrogen-bond acceptors (Lipinski definition) is 6. The van der Waals surface area contributed by atoms with Gasteiger partial charge in [-0.2, -0.15) is 0 Å². The number of aromatic nitrogens is 3. The highest BCUT2D eigenvalue weighted by Crippen LogP contribution is 2.21. The molecule has 0 aliphatic carbocycles. The Balaban J connectivity index is 1.43. The van der Waals surface area contributed by atoms with Gasteiger partial charge >= 0.3 is 0 Å². The van der Waals surface area contributed by atoms with Crippen molar-refractivity contribution in [2.24, 2.45) is 4.99 Å². The number of nitrogens with one attached hydrogen (secondary N) is 2. The standard InChI is InChI=1S/C24H25N7/c1-17(21-6-3-7-23(25)22(21)14-26-2)28-13-20-16-31-15-19(8-9-24(31)30-20)29-12-18-5-4-10-27-11-18/h3-11,14-16,28-29H,1,12-13,25H2,2H3. The largest absolute Gasteiger partial charge is 0.398 e. The number of aliphatic imine (C=N–C) groups is 1. The number of imidazole rings is 1. The van der Waals surface area contributed by atoms with Crippen LogP contribution in [-0.4, -0.2) is 27.6 Å². The smallest absolute Gasteiger partial charge is 0.137 e. The summed E-state index contributed by atoms with van der Waals surface area (Å²) in [5, 5.41) is 6.77. The van der Waals surface area contributed by atoms with E-state index in [1.807, 2.05) is 65.5 Å². The number of benzene rings is 1. The van der Waals surface area contributed by atoms with Gasteiger partial charge in [0.05, 0.1) is 17.9 Å². The first-order valence-electron chi connectivity index (χ1n) is 9.98. The van der Waals surface area contributed by atoms with Crippen LogP contribution in [0.15, 0.2) is 78.8 Å². The number of nitrogen functional groups attached to an aromatic ring is 1. The van der Waals surface area contributed by atoms with Crippen LogP contribution in [0.1, 0.15) is 22.4 Å². The Kier molecular flexibility index (Phi) is 5.93. The molecule has 31 heavy (non-hydrogen) atoms. The fourth-order valence-corrected chi connectivity index (χ4v) is 3.35. The van der Waals surface area contributed by atoms with E-state index in [-0.39, 0.29) is 0 Å². The van der Waals surface area contributed by atoms with E-state index in [1.165, 1.54) is 0 Å². The highest BCUT2D eigenvalue weighted by atomic mass is 15.0. The third-order valence-electron chi connectivity index (χ3n) is 4.93. The van der Waals surface area contributed by atoms with E-state index in [9.17, 15) is 0 Å². The van der Waals surface area contributed by atoms with E-state index < -0.39 is 0 Å². The lowest BCUT2D eigenvalue weighted by Gasteiger charge is -2.12. The zero-order valence-corrected chi connectivity index (χ0v) is 17.4. The van der Waals surface area contributed by atoms with Crippen LogP contribution in [-0.2, 0) is 13.1 Å². The average molecular weight is 412 g/mol. The van der Waals surface area contributed by atoms with Crippen LogP contribution in [0.2, 0.25) is 0 Å². The van der Waals surface area contributed by atoms with Gasteiger partial charge in [-0.25, -0.2) is 4.98 Å². The lowest BCUT2D eigenvalue weighted by Crippen LogP contribution is -2.13. The number of anilines is 2. The molecule has 0 aliphatic rings. The lowest BCUT2D eigenvalue weighted by atomic mass is 10.0. The molecule has 0 spiro atoms. The molecule has 3 heterocycles. The number of hydrogen-bond donors (Lipinski definition) is 3. The van der Waals surface area contributed by atoms with Crippen molar-refractivity contribution >= 4 is 28.9 Å². The van der Waals surface area contributed by atoms with E-state index in [1.54, 1.807) is 19.5 Å². The summed E-state index contributed by atoms with van der Waals surface area (Å²) in [6, 6.07) is 13.8. The third-order valence-corrected chi connectivity index (χ3v) is 4.93. The molecule has 3 aromatic heterocycles. The SMILES string of the molecule is C=C(NCc1cn2cc(NCc3cccnc3)ccc2n1)c1cccc(N)c1C=NC. The molecule has 156 valence electrons. The Labute approximate surface area is 181 Å². The summed E-state index contributed by atoms with van der Waals surface area (Å²) in [6.07, 6.45) is 9.43. The van der Waals surface area contributed by atoms with Crippen LogP contribution >= 0.6 is 0 Å². The van der Waals surface area contributed by atoms with Crippen LogP contribution in [0.5, 0.6) is 0 Å². The molecule has 0 saturated carbocycles. The predicted octanol–water partition coefficient (Wildman–Crippen LogP) is 3.73. The van der Waals surface area contributed by atoms with E-state index in [2.05, 4.69) is 32.2 Å². The van der Waals surface area contributed by atoms with Crippen LogP contribution in [0.25, 0.3) is 11.3 Å². The molecule has 0 atom stereocenters. The molecule has 0 unspecified atom stereocenters. The van der Waals surface area contributed by atoms with Crippen LogP contribution < -0.4 is 16.4 Å². The lowest BCUT2D eigenvalue weighted by molar-refractivity contribution is 0.864. The maximum Gasteiger partial charge on any atom is 0.137 e. The Morgan fingerprint density at radius 1 is 1.16 bits per heavy atom. The maximum atomic E-state index is 6.09. The highest BCUT2D eigenvalue weighted by molar-refractivity contribution is 5.93. The second kappa shape index (κ2) is 9.13. The van der Waals surface area contributed by atoms with Gasteiger partial charge < -0.3 is 20.8 Å². The van der Waals surface area contributed by atoms with Crippen LogP contribution in [0.4, 0.5) is 11.4 Å². The predicted molar refractivity (Wildman–Crippen MR) is 127 cm³/mol. The van der Waals surface area contributed by atoms with Crippen molar-refractivity contribution in [2.45, 2.75) is 13.1 Å². The molecule has 4 aromatic rings. The Morgan fingerprint density at radius 2 is 2.06 bits per heavy atom. The van der Waals surface area contributed by atoms with E-state index >= 15 is 0 Å². The molecule has 7 heteroatoms. The number of nitrogens with two attached hydrogens (primary N) is 1. The van der Waals surface area contributed by atoms with Crippen molar-refractivity contribution in [3.05, 3.63) is 96.2 Å². The van der Waals surface area contributed by atoms with Crippen molar-refractivity contribution in [3.63, 3.8) is 0 Å². The molecule has 0 radical (unpaired) electrons.